The molecule has 7 heteroatoms. The van der Waals surface area contributed by atoms with Crippen LogP contribution in [-0.4, -0.2) is 16.5 Å². The Bertz CT molecular complexity index is 891. The van der Waals surface area contributed by atoms with Gasteiger partial charge < -0.3 is 4.74 Å². The lowest BCUT2D eigenvalue weighted by molar-refractivity contribution is -0.128. The first-order valence-corrected chi connectivity index (χ1v) is 7.97. The lowest BCUT2D eigenvalue weighted by Crippen LogP contribution is -2.42. The van der Waals surface area contributed by atoms with Gasteiger partial charge in [0.1, 0.15) is 17.4 Å². The second-order valence-corrected chi connectivity index (χ2v) is 6.68. The zero-order chi connectivity index (χ0) is 17.3. The van der Waals surface area contributed by atoms with Crippen molar-refractivity contribution < 1.29 is 18.3 Å². The van der Waals surface area contributed by atoms with E-state index >= 15 is 0 Å². The van der Waals surface area contributed by atoms with Gasteiger partial charge in [-0.1, -0.05) is 11.3 Å². The van der Waals surface area contributed by atoms with E-state index in [1.807, 2.05) is 0 Å². The standard InChI is InChI=1S/C17H14F2N2O2S/c1-17(2,23-12-6-3-10(18)4-7-12)15(22)21-16-20-13-8-5-11(19)9-14(13)24-16/h3-9H,1-2H3,(H,20,21,22). The molecule has 0 atom stereocenters. The van der Waals surface area contributed by atoms with E-state index in [0.29, 0.717) is 21.1 Å². The number of ether oxygens (including phenoxy) is 1. The van der Waals surface area contributed by atoms with Gasteiger partial charge in [0.15, 0.2) is 10.7 Å². The molecular weight excluding hydrogens is 334 g/mol. The Balaban J connectivity index is 1.75. The highest BCUT2D eigenvalue weighted by Gasteiger charge is 2.30. The topological polar surface area (TPSA) is 51.2 Å². The minimum Gasteiger partial charge on any atom is -0.478 e. The highest BCUT2D eigenvalue weighted by Crippen LogP contribution is 2.28. The molecule has 1 amide bonds. The monoisotopic (exact) mass is 348 g/mol. The van der Waals surface area contributed by atoms with Gasteiger partial charge in [0, 0.05) is 0 Å². The van der Waals surface area contributed by atoms with E-state index in [4.69, 9.17) is 4.74 Å². The van der Waals surface area contributed by atoms with Gasteiger partial charge in [-0.15, -0.1) is 0 Å². The number of aromatic nitrogens is 1. The fraction of sp³-hybridized carbons (Fsp3) is 0.176. The molecule has 1 N–H and O–H groups in total. The van der Waals surface area contributed by atoms with Gasteiger partial charge in [-0.2, -0.15) is 0 Å². The Kier molecular flexibility index (Phi) is 4.19. The van der Waals surface area contributed by atoms with Gasteiger partial charge in [0.2, 0.25) is 0 Å². The summed E-state index contributed by atoms with van der Waals surface area (Å²) in [4.78, 5) is 16.7. The molecule has 2 aromatic carbocycles. The van der Waals surface area contributed by atoms with Crippen molar-refractivity contribution in [2.45, 2.75) is 19.4 Å². The van der Waals surface area contributed by atoms with Crippen molar-refractivity contribution in [1.82, 2.24) is 4.98 Å². The molecule has 0 unspecified atom stereocenters. The normalized spacial score (nSPS) is 11.5. The number of nitrogens with one attached hydrogen (secondary N) is 1. The average Bonchev–Trinajstić information content (AvgIpc) is 2.90. The molecule has 0 spiro atoms. The first-order chi connectivity index (χ1) is 11.3. The fourth-order valence-corrected chi connectivity index (χ4v) is 2.93. The highest BCUT2D eigenvalue weighted by molar-refractivity contribution is 7.22. The molecule has 0 bridgehead atoms. The van der Waals surface area contributed by atoms with Gasteiger partial charge >= 0.3 is 0 Å². The maximum absolute atomic E-state index is 13.2. The SMILES string of the molecule is CC(C)(Oc1ccc(F)cc1)C(=O)Nc1nc2ccc(F)cc2s1. The molecule has 3 aromatic rings. The molecule has 0 saturated carbocycles. The van der Waals surface area contributed by atoms with Gasteiger partial charge in [-0.3, -0.25) is 10.1 Å². The number of benzene rings is 2. The van der Waals surface area contributed by atoms with Crippen LogP contribution < -0.4 is 10.1 Å². The molecule has 4 nitrogen and oxygen atoms in total. The maximum Gasteiger partial charge on any atom is 0.269 e. The number of anilines is 1. The summed E-state index contributed by atoms with van der Waals surface area (Å²) in [5.74, 6) is -0.774. The zero-order valence-corrected chi connectivity index (χ0v) is 13.8. The van der Waals surface area contributed by atoms with Gasteiger partial charge in [-0.25, -0.2) is 13.8 Å². The quantitative estimate of drug-likeness (QED) is 0.762. The van der Waals surface area contributed by atoms with Gasteiger partial charge in [0.05, 0.1) is 10.2 Å². The minimum atomic E-state index is -1.19. The van der Waals surface area contributed by atoms with Crippen molar-refractivity contribution in [3.8, 4) is 5.75 Å². The first kappa shape index (κ1) is 16.3. The molecule has 1 aromatic heterocycles. The number of halogens is 2. The molecule has 0 saturated heterocycles. The minimum absolute atomic E-state index is 0.357. The zero-order valence-electron chi connectivity index (χ0n) is 13.0. The Morgan fingerprint density at radius 2 is 1.79 bits per heavy atom. The Labute approximate surface area is 141 Å². The van der Waals surface area contributed by atoms with E-state index in [2.05, 4.69) is 10.3 Å². The van der Waals surface area contributed by atoms with Crippen LogP contribution in [0.5, 0.6) is 5.75 Å². The van der Waals surface area contributed by atoms with Crippen molar-refractivity contribution in [3.05, 3.63) is 54.1 Å². The number of amides is 1. The van der Waals surface area contributed by atoms with Crippen molar-refractivity contribution in [1.29, 1.82) is 0 Å². The summed E-state index contributed by atoms with van der Waals surface area (Å²) < 4.78 is 32.4. The van der Waals surface area contributed by atoms with Crippen LogP contribution in [0.15, 0.2) is 42.5 Å². The van der Waals surface area contributed by atoms with Gasteiger partial charge in [-0.05, 0) is 56.3 Å². The van der Waals surface area contributed by atoms with E-state index in [1.165, 1.54) is 47.7 Å². The summed E-state index contributed by atoms with van der Waals surface area (Å²) in [5.41, 5.74) is -0.588. The van der Waals surface area contributed by atoms with Crippen molar-refractivity contribution in [2.75, 3.05) is 5.32 Å². The number of hydrogen-bond acceptors (Lipinski definition) is 4. The first-order valence-electron chi connectivity index (χ1n) is 7.16. The van der Waals surface area contributed by atoms with Crippen LogP contribution in [0.1, 0.15) is 13.8 Å². The Morgan fingerprint density at radius 3 is 2.50 bits per heavy atom. The lowest BCUT2D eigenvalue weighted by atomic mass is 10.1. The molecule has 0 aliphatic carbocycles. The summed E-state index contributed by atoms with van der Waals surface area (Å²) in [6.45, 7) is 3.19. The summed E-state index contributed by atoms with van der Waals surface area (Å²) >= 11 is 1.18. The van der Waals surface area contributed by atoms with Crippen LogP contribution in [0, 0.1) is 11.6 Å². The molecule has 24 heavy (non-hydrogen) atoms. The second kappa shape index (κ2) is 6.16. The maximum atomic E-state index is 13.2. The molecule has 124 valence electrons. The predicted molar refractivity (Wildman–Crippen MR) is 89.3 cm³/mol. The highest BCUT2D eigenvalue weighted by atomic mass is 32.1. The third kappa shape index (κ3) is 3.51. The second-order valence-electron chi connectivity index (χ2n) is 5.65. The predicted octanol–water partition coefficient (Wildman–Crippen LogP) is 4.37. The van der Waals surface area contributed by atoms with Crippen LogP contribution in [0.25, 0.3) is 10.2 Å². The smallest absolute Gasteiger partial charge is 0.269 e. The molecule has 0 fully saturated rings. The van der Waals surface area contributed by atoms with E-state index in [-0.39, 0.29) is 11.6 Å². The van der Waals surface area contributed by atoms with E-state index < -0.39 is 11.5 Å². The van der Waals surface area contributed by atoms with Crippen LogP contribution in [0.3, 0.4) is 0 Å². The Morgan fingerprint density at radius 1 is 1.12 bits per heavy atom. The number of nitrogens with zero attached hydrogens (tertiary/aromatic N) is 1. The molecular formula is C17H14F2N2O2S. The van der Waals surface area contributed by atoms with Crippen LogP contribution in [0.4, 0.5) is 13.9 Å². The third-order valence-corrected chi connectivity index (χ3v) is 4.24. The van der Waals surface area contributed by atoms with Crippen molar-refractivity contribution in [2.24, 2.45) is 0 Å². The van der Waals surface area contributed by atoms with Crippen LogP contribution in [-0.2, 0) is 4.79 Å². The molecule has 3 rings (SSSR count). The molecule has 1 heterocycles. The van der Waals surface area contributed by atoms with Crippen molar-refractivity contribution in [3.63, 3.8) is 0 Å². The van der Waals surface area contributed by atoms with E-state index in [9.17, 15) is 13.6 Å². The number of rotatable bonds is 4. The third-order valence-electron chi connectivity index (χ3n) is 3.30. The number of hydrogen-bond donors (Lipinski definition) is 1. The Hall–Kier alpha value is -2.54. The number of fused-ring (bicyclic) bond motifs is 1. The lowest BCUT2D eigenvalue weighted by Gasteiger charge is -2.24. The van der Waals surface area contributed by atoms with Crippen LogP contribution in [0.2, 0.25) is 0 Å². The number of carbonyl (C=O) groups is 1. The molecule has 0 radical (unpaired) electrons. The van der Waals surface area contributed by atoms with Crippen molar-refractivity contribution >= 4 is 32.6 Å². The average molecular weight is 348 g/mol. The number of carbonyl (C=O) groups excluding carboxylic acids is 1. The summed E-state index contributed by atoms with van der Waals surface area (Å²) in [7, 11) is 0. The summed E-state index contributed by atoms with van der Waals surface area (Å²) in [5, 5.41) is 3.03. The largest absolute Gasteiger partial charge is 0.478 e. The van der Waals surface area contributed by atoms with Crippen LogP contribution >= 0.6 is 11.3 Å². The number of thiazole rings is 1. The van der Waals surface area contributed by atoms with E-state index in [0.717, 1.165) is 0 Å². The fourth-order valence-electron chi connectivity index (χ4n) is 2.04. The molecule has 0 aliphatic rings. The van der Waals surface area contributed by atoms with Gasteiger partial charge in [0.25, 0.3) is 5.91 Å². The summed E-state index contributed by atoms with van der Waals surface area (Å²) in [6.07, 6.45) is 0. The summed E-state index contributed by atoms with van der Waals surface area (Å²) in [6, 6.07) is 9.64. The van der Waals surface area contributed by atoms with E-state index in [1.54, 1.807) is 19.9 Å². The molecule has 0 aliphatic heterocycles.